The number of amides is 1. The van der Waals surface area contributed by atoms with Crippen molar-refractivity contribution in [1.29, 1.82) is 0 Å². The van der Waals surface area contributed by atoms with Gasteiger partial charge < -0.3 is 9.42 Å². The average molecular weight is 403 g/mol. The highest BCUT2D eigenvalue weighted by Crippen LogP contribution is 2.47. The van der Waals surface area contributed by atoms with E-state index in [1.165, 1.54) is 5.56 Å². The molecule has 7 heteroatoms. The molecule has 2 aliphatic rings. The Kier molecular flexibility index (Phi) is 4.83. The summed E-state index contributed by atoms with van der Waals surface area (Å²) in [7, 11) is 2.09. The maximum Gasteiger partial charge on any atom is 0.276 e. The van der Waals surface area contributed by atoms with Gasteiger partial charge >= 0.3 is 0 Å². The largest absolute Gasteiger partial charge is 0.341 e. The molecule has 2 fully saturated rings. The highest BCUT2D eigenvalue weighted by molar-refractivity contribution is 5.77. The van der Waals surface area contributed by atoms with Crippen LogP contribution in [0.3, 0.4) is 0 Å². The van der Waals surface area contributed by atoms with Gasteiger partial charge in [0.2, 0.25) is 5.91 Å². The Morgan fingerprint density at radius 1 is 1.13 bits per heavy atom. The van der Waals surface area contributed by atoms with E-state index in [1.54, 1.807) is 6.20 Å². The van der Waals surface area contributed by atoms with Crippen LogP contribution in [-0.4, -0.2) is 57.5 Å². The maximum atomic E-state index is 12.6. The van der Waals surface area contributed by atoms with Gasteiger partial charge in [0, 0.05) is 37.7 Å². The lowest BCUT2D eigenvalue weighted by Crippen LogP contribution is -2.59. The Labute approximate surface area is 175 Å². The predicted molar refractivity (Wildman–Crippen MR) is 111 cm³/mol. The van der Waals surface area contributed by atoms with Crippen LogP contribution in [0.4, 0.5) is 0 Å². The zero-order valence-electron chi connectivity index (χ0n) is 17.1. The fourth-order valence-electron chi connectivity index (χ4n) is 4.74. The summed E-state index contributed by atoms with van der Waals surface area (Å²) in [5.74, 6) is 1.39. The smallest absolute Gasteiger partial charge is 0.276 e. The van der Waals surface area contributed by atoms with Gasteiger partial charge in [-0.05, 0) is 37.6 Å². The van der Waals surface area contributed by atoms with Gasteiger partial charge in [-0.3, -0.25) is 14.7 Å². The van der Waals surface area contributed by atoms with E-state index in [-0.39, 0.29) is 17.4 Å². The quantitative estimate of drug-likeness (QED) is 0.652. The van der Waals surface area contributed by atoms with E-state index in [9.17, 15) is 4.79 Å². The Bertz CT molecular complexity index is 1010. The summed E-state index contributed by atoms with van der Waals surface area (Å²) in [6.07, 6.45) is 4.02. The Balaban J connectivity index is 1.19. The fraction of sp³-hybridized carbons (Fsp3) is 0.391. The van der Waals surface area contributed by atoms with Crippen molar-refractivity contribution in [2.24, 2.45) is 5.41 Å². The number of aryl methyl sites for hydroxylation is 1. The molecule has 5 rings (SSSR count). The summed E-state index contributed by atoms with van der Waals surface area (Å²) in [5, 5.41) is 4.22. The van der Waals surface area contributed by atoms with E-state index in [4.69, 9.17) is 4.52 Å². The van der Waals surface area contributed by atoms with E-state index < -0.39 is 0 Å². The van der Waals surface area contributed by atoms with Crippen LogP contribution < -0.4 is 0 Å². The summed E-state index contributed by atoms with van der Waals surface area (Å²) in [4.78, 5) is 25.7. The normalized spacial score (nSPS) is 20.4. The van der Waals surface area contributed by atoms with Crippen LogP contribution in [0.25, 0.3) is 11.6 Å². The molecule has 4 heterocycles. The number of hydrogen-bond acceptors (Lipinski definition) is 6. The monoisotopic (exact) mass is 403 g/mol. The highest BCUT2D eigenvalue weighted by Gasteiger charge is 2.52. The van der Waals surface area contributed by atoms with E-state index in [2.05, 4.69) is 39.2 Å². The van der Waals surface area contributed by atoms with Crippen LogP contribution in [0.15, 0.2) is 59.3 Å². The number of rotatable bonds is 5. The number of benzene rings is 1. The first-order chi connectivity index (χ1) is 14.6. The summed E-state index contributed by atoms with van der Waals surface area (Å²) in [6.45, 7) is 2.56. The van der Waals surface area contributed by atoms with Gasteiger partial charge in [0.1, 0.15) is 5.69 Å². The van der Waals surface area contributed by atoms with Crippen molar-refractivity contribution in [3.05, 3.63) is 66.1 Å². The van der Waals surface area contributed by atoms with Crippen LogP contribution in [0.2, 0.25) is 0 Å². The molecule has 1 atom stereocenters. The lowest BCUT2D eigenvalue weighted by Gasteiger charge is -2.48. The molecule has 2 aromatic heterocycles. The van der Waals surface area contributed by atoms with E-state index >= 15 is 0 Å². The molecule has 0 radical (unpaired) electrons. The number of pyridine rings is 1. The molecule has 0 N–H and O–H groups in total. The first-order valence-electron chi connectivity index (χ1n) is 10.4. The third-order valence-electron chi connectivity index (χ3n) is 6.24. The number of likely N-dealkylation sites (tertiary alicyclic amines) is 2. The molecule has 154 valence electrons. The molecule has 2 saturated heterocycles. The molecule has 1 unspecified atom stereocenters. The van der Waals surface area contributed by atoms with E-state index in [0.29, 0.717) is 23.8 Å². The van der Waals surface area contributed by atoms with Crippen LogP contribution in [0.5, 0.6) is 0 Å². The van der Waals surface area contributed by atoms with Gasteiger partial charge in [-0.2, -0.15) is 4.98 Å². The number of carbonyl (C=O) groups excluding carboxylic acids is 1. The van der Waals surface area contributed by atoms with Crippen LogP contribution in [-0.2, 0) is 11.2 Å². The first kappa shape index (κ1) is 18.9. The van der Waals surface area contributed by atoms with Crippen molar-refractivity contribution >= 4 is 5.91 Å². The molecule has 0 aliphatic carbocycles. The Morgan fingerprint density at radius 2 is 1.93 bits per heavy atom. The summed E-state index contributed by atoms with van der Waals surface area (Å²) < 4.78 is 5.45. The number of hydrogen-bond donors (Lipinski definition) is 0. The molecule has 0 saturated carbocycles. The van der Waals surface area contributed by atoms with Crippen molar-refractivity contribution in [2.75, 3.05) is 26.7 Å². The van der Waals surface area contributed by atoms with E-state index in [0.717, 1.165) is 32.5 Å². The van der Waals surface area contributed by atoms with Crippen molar-refractivity contribution in [2.45, 2.75) is 25.3 Å². The third kappa shape index (κ3) is 3.61. The van der Waals surface area contributed by atoms with E-state index in [1.807, 2.05) is 41.3 Å². The predicted octanol–water partition coefficient (Wildman–Crippen LogP) is 2.97. The van der Waals surface area contributed by atoms with Gasteiger partial charge in [-0.1, -0.05) is 41.6 Å². The summed E-state index contributed by atoms with van der Waals surface area (Å²) in [6, 6.07) is 15.9. The zero-order valence-corrected chi connectivity index (χ0v) is 17.1. The molecule has 1 aromatic carbocycles. The molecule has 3 aromatic rings. The standard InChI is InChI=1S/C23H25N5O2/c1-27-14-23(15-28(16-23)20(29)11-10-17-7-3-2-4-8-17)13-19(27)21-25-22(30-26-21)18-9-5-6-12-24-18/h2-9,12,19H,10-11,13-16H2,1H3. The third-order valence-corrected chi connectivity index (χ3v) is 6.24. The SMILES string of the molecule is CN1CC2(CC1c1noc(-c3ccccn3)n1)CN(C(=O)CCc1ccccc1)C2. The maximum absolute atomic E-state index is 12.6. The second-order valence-corrected chi connectivity index (χ2v) is 8.54. The minimum atomic E-state index is 0.104. The zero-order chi connectivity index (χ0) is 20.6. The minimum Gasteiger partial charge on any atom is -0.341 e. The summed E-state index contributed by atoms with van der Waals surface area (Å²) >= 11 is 0. The second kappa shape index (κ2) is 7.65. The molecule has 1 spiro atoms. The Hall–Kier alpha value is -3.06. The van der Waals surface area contributed by atoms with Crippen molar-refractivity contribution < 1.29 is 9.32 Å². The van der Waals surface area contributed by atoms with Gasteiger partial charge in [0.25, 0.3) is 5.89 Å². The molecular formula is C23H25N5O2. The lowest BCUT2D eigenvalue weighted by atomic mass is 9.77. The molecular weight excluding hydrogens is 378 g/mol. The molecule has 7 nitrogen and oxygen atoms in total. The minimum absolute atomic E-state index is 0.104. The topological polar surface area (TPSA) is 75.4 Å². The van der Waals surface area contributed by atoms with Crippen LogP contribution in [0.1, 0.15) is 30.3 Å². The van der Waals surface area contributed by atoms with Crippen LogP contribution in [0, 0.1) is 5.41 Å². The van der Waals surface area contributed by atoms with Crippen molar-refractivity contribution in [3.8, 4) is 11.6 Å². The Morgan fingerprint density at radius 3 is 2.70 bits per heavy atom. The number of carbonyl (C=O) groups is 1. The number of nitrogens with zero attached hydrogens (tertiary/aromatic N) is 5. The van der Waals surface area contributed by atoms with Gasteiger partial charge in [0.05, 0.1) is 6.04 Å². The highest BCUT2D eigenvalue weighted by atomic mass is 16.5. The second-order valence-electron chi connectivity index (χ2n) is 8.54. The van der Waals surface area contributed by atoms with Crippen molar-refractivity contribution in [1.82, 2.24) is 24.9 Å². The molecule has 30 heavy (non-hydrogen) atoms. The van der Waals surface area contributed by atoms with Crippen molar-refractivity contribution in [3.63, 3.8) is 0 Å². The summed E-state index contributed by atoms with van der Waals surface area (Å²) in [5.41, 5.74) is 2.03. The van der Waals surface area contributed by atoms with Gasteiger partial charge in [0.15, 0.2) is 5.82 Å². The number of aromatic nitrogens is 3. The van der Waals surface area contributed by atoms with Crippen LogP contribution >= 0.6 is 0 Å². The molecule has 2 aliphatic heterocycles. The molecule has 0 bridgehead atoms. The molecule has 1 amide bonds. The first-order valence-corrected chi connectivity index (χ1v) is 10.4. The average Bonchev–Trinajstić information content (AvgIpc) is 3.37. The van der Waals surface area contributed by atoms with Gasteiger partial charge in [-0.25, -0.2) is 0 Å². The van der Waals surface area contributed by atoms with Gasteiger partial charge in [-0.15, -0.1) is 0 Å². The lowest BCUT2D eigenvalue weighted by molar-refractivity contribution is -0.142. The fourth-order valence-corrected chi connectivity index (χ4v) is 4.74.